The molecule has 3 rings (SSSR count). The van der Waals surface area contributed by atoms with Crippen LogP contribution >= 0.6 is 11.8 Å². The Kier molecular flexibility index (Phi) is 4.17. The average molecular weight is 266 g/mol. The van der Waals surface area contributed by atoms with Crippen LogP contribution in [0.1, 0.15) is 51.9 Å². The Hall–Kier alpha value is -0.180. The maximum atomic E-state index is 4.64. The van der Waals surface area contributed by atoms with Crippen LogP contribution in [-0.4, -0.2) is 23.5 Å². The van der Waals surface area contributed by atoms with Crippen molar-refractivity contribution < 1.29 is 0 Å². The van der Waals surface area contributed by atoms with Gasteiger partial charge in [-0.25, -0.2) is 0 Å². The van der Waals surface area contributed by atoms with Crippen molar-refractivity contribution in [1.82, 2.24) is 5.32 Å². The summed E-state index contributed by atoms with van der Waals surface area (Å²) in [5.41, 5.74) is 0. The van der Waals surface area contributed by atoms with Gasteiger partial charge in [-0.05, 0) is 43.4 Å². The van der Waals surface area contributed by atoms with Gasteiger partial charge in [0.15, 0.2) is 5.17 Å². The quantitative estimate of drug-likeness (QED) is 0.839. The van der Waals surface area contributed by atoms with E-state index in [1.165, 1.54) is 50.1 Å². The van der Waals surface area contributed by atoms with Crippen molar-refractivity contribution >= 4 is 16.9 Å². The van der Waals surface area contributed by atoms with Gasteiger partial charge in [0.2, 0.25) is 0 Å². The van der Waals surface area contributed by atoms with E-state index in [0.29, 0.717) is 0 Å². The van der Waals surface area contributed by atoms with Gasteiger partial charge in [-0.1, -0.05) is 37.9 Å². The Morgan fingerprint density at radius 1 is 1.28 bits per heavy atom. The highest BCUT2D eigenvalue weighted by molar-refractivity contribution is 8.14. The minimum absolute atomic E-state index is 0.808. The van der Waals surface area contributed by atoms with Crippen molar-refractivity contribution in [3.63, 3.8) is 0 Å². The predicted octanol–water partition coefficient (Wildman–Crippen LogP) is 3.67. The van der Waals surface area contributed by atoms with E-state index < -0.39 is 0 Å². The highest BCUT2D eigenvalue weighted by Crippen LogP contribution is 2.41. The van der Waals surface area contributed by atoms with Crippen molar-refractivity contribution in [2.45, 2.75) is 57.1 Å². The largest absolute Gasteiger partial charge is 0.365 e. The summed E-state index contributed by atoms with van der Waals surface area (Å²) in [6.45, 7) is 4.62. The average Bonchev–Trinajstić information content (AvgIpc) is 3.10. The second-order valence-electron chi connectivity index (χ2n) is 6.49. The number of nitrogens with zero attached hydrogens (tertiary/aromatic N) is 1. The summed E-state index contributed by atoms with van der Waals surface area (Å²) in [7, 11) is 0. The predicted molar refractivity (Wildman–Crippen MR) is 80.1 cm³/mol. The highest BCUT2D eigenvalue weighted by atomic mass is 32.2. The monoisotopic (exact) mass is 266 g/mol. The standard InChI is InChI=1S/C15H26N2S/c1-11-3-2-4-12(9-11)7-8-16-15-17-10-14(18-15)13-5-6-13/h11-14H,2-10H2,1H3,(H,16,17). The number of nitrogens with one attached hydrogen (secondary N) is 1. The fraction of sp³-hybridized carbons (Fsp3) is 0.933. The zero-order valence-corrected chi connectivity index (χ0v) is 12.3. The molecule has 0 aromatic carbocycles. The summed E-state index contributed by atoms with van der Waals surface area (Å²) in [6.07, 6.45) is 10.0. The van der Waals surface area contributed by atoms with Crippen LogP contribution in [0.25, 0.3) is 0 Å². The summed E-state index contributed by atoms with van der Waals surface area (Å²) < 4.78 is 0. The van der Waals surface area contributed by atoms with Crippen LogP contribution in [0.3, 0.4) is 0 Å². The van der Waals surface area contributed by atoms with E-state index in [4.69, 9.17) is 0 Å². The molecule has 2 aliphatic carbocycles. The Morgan fingerprint density at radius 2 is 2.17 bits per heavy atom. The lowest BCUT2D eigenvalue weighted by Gasteiger charge is -2.26. The van der Waals surface area contributed by atoms with Crippen molar-refractivity contribution in [2.75, 3.05) is 13.1 Å². The molecule has 0 bridgehead atoms. The number of rotatable bonds is 4. The highest BCUT2D eigenvalue weighted by Gasteiger charge is 2.35. The molecular formula is C15H26N2S. The fourth-order valence-corrected chi connectivity index (χ4v) is 4.64. The van der Waals surface area contributed by atoms with Gasteiger partial charge in [0.05, 0.1) is 6.54 Å². The third kappa shape index (κ3) is 3.43. The molecule has 0 aromatic rings. The van der Waals surface area contributed by atoms with Gasteiger partial charge >= 0.3 is 0 Å². The molecule has 3 atom stereocenters. The number of hydrogen-bond donors (Lipinski definition) is 1. The van der Waals surface area contributed by atoms with Crippen molar-refractivity contribution in [3.05, 3.63) is 0 Å². The van der Waals surface area contributed by atoms with Crippen LogP contribution in [0.4, 0.5) is 0 Å². The summed E-state index contributed by atoms with van der Waals surface area (Å²) >= 11 is 2.01. The smallest absolute Gasteiger partial charge is 0.156 e. The molecule has 0 aromatic heterocycles. The molecule has 3 heteroatoms. The Bertz CT molecular complexity index is 312. The van der Waals surface area contributed by atoms with Gasteiger partial charge in [-0.2, -0.15) is 0 Å². The molecule has 102 valence electrons. The zero-order valence-electron chi connectivity index (χ0n) is 11.5. The molecule has 0 radical (unpaired) electrons. The molecule has 3 aliphatic rings. The number of aliphatic imine (C=N–C) groups is 1. The first-order valence-electron chi connectivity index (χ1n) is 7.76. The van der Waals surface area contributed by atoms with Crippen molar-refractivity contribution in [1.29, 1.82) is 0 Å². The molecule has 0 amide bonds. The molecule has 1 N–H and O–H groups in total. The molecule has 0 saturated heterocycles. The minimum atomic E-state index is 0.808. The molecule has 3 unspecified atom stereocenters. The number of thioether (sulfide) groups is 1. The molecule has 1 heterocycles. The SMILES string of the molecule is CC1CCCC(CCNC2=NCC(C3CC3)S2)C1. The fourth-order valence-electron chi connectivity index (χ4n) is 3.41. The lowest BCUT2D eigenvalue weighted by molar-refractivity contribution is 0.270. The summed E-state index contributed by atoms with van der Waals surface area (Å²) in [6, 6.07) is 0. The normalized spacial score (nSPS) is 36.5. The van der Waals surface area contributed by atoms with Crippen LogP contribution < -0.4 is 5.32 Å². The molecular weight excluding hydrogens is 240 g/mol. The van der Waals surface area contributed by atoms with Gasteiger partial charge in [0, 0.05) is 11.8 Å². The van der Waals surface area contributed by atoms with Crippen LogP contribution in [0, 0.1) is 17.8 Å². The number of amidine groups is 1. The van der Waals surface area contributed by atoms with Crippen molar-refractivity contribution in [3.8, 4) is 0 Å². The molecule has 2 nitrogen and oxygen atoms in total. The minimum Gasteiger partial charge on any atom is -0.365 e. The van der Waals surface area contributed by atoms with Crippen LogP contribution in [-0.2, 0) is 0 Å². The van der Waals surface area contributed by atoms with Gasteiger partial charge in [-0.15, -0.1) is 0 Å². The van der Waals surface area contributed by atoms with E-state index >= 15 is 0 Å². The van der Waals surface area contributed by atoms with E-state index in [0.717, 1.165) is 36.1 Å². The molecule has 18 heavy (non-hydrogen) atoms. The molecule has 1 aliphatic heterocycles. The summed E-state index contributed by atoms with van der Waals surface area (Å²) in [5.74, 6) is 2.91. The molecule has 2 fully saturated rings. The second kappa shape index (κ2) is 5.85. The van der Waals surface area contributed by atoms with E-state index in [1.807, 2.05) is 11.8 Å². The Balaban J connectivity index is 1.32. The zero-order chi connectivity index (χ0) is 12.4. The van der Waals surface area contributed by atoms with E-state index in [9.17, 15) is 0 Å². The van der Waals surface area contributed by atoms with Crippen molar-refractivity contribution in [2.24, 2.45) is 22.7 Å². The third-order valence-electron chi connectivity index (χ3n) is 4.70. The first-order valence-corrected chi connectivity index (χ1v) is 8.64. The van der Waals surface area contributed by atoms with Gasteiger partial charge in [0.1, 0.15) is 0 Å². The molecule has 0 spiro atoms. The maximum Gasteiger partial charge on any atom is 0.156 e. The maximum absolute atomic E-state index is 4.64. The van der Waals surface area contributed by atoms with Gasteiger partial charge in [0.25, 0.3) is 0 Å². The van der Waals surface area contributed by atoms with Gasteiger partial charge < -0.3 is 5.32 Å². The third-order valence-corrected chi connectivity index (χ3v) is 6.03. The van der Waals surface area contributed by atoms with E-state index in [-0.39, 0.29) is 0 Å². The lowest BCUT2D eigenvalue weighted by Crippen LogP contribution is -2.24. The Morgan fingerprint density at radius 3 is 2.94 bits per heavy atom. The second-order valence-corrected chi connectivity index (χ2v) is 7.72. The summed E-state index contributed by atoms with van der Waals surface area (Å²) in [5, 5.41) is 5.61. The first-order chi connectivity index (χ1) is 8.81. The first kappa shape index (κ1) is 12.8. The van der Waals surface area contributed by atoms with Crippen LogP contribution in [0.2, 0.25) is 0 Å². The van der Waals surface area contributed by atoms with E-state index in [1.54, 1.807) is 0 Å². The van der Waals surface area contributed by atoms with Gasteiger partial charge in [-0.3, -0.25) is 4.99 Å². The topological polar surface area (TPSA) is 24.4 Å². The lowest BCUT2D eigenvalue weighted by atomic mass is 9.81. The molecule has 2 saturated carbocycles. The van der Waals surface area contributed by atoms with Crippen LogP contribution in [0.15, 0.2) is 4.99 Å². The number of hydrogen-bond acceptors (Lipinski definition) is 3. The van der Waals surface area contributed by atoms with E-state index in [2.05, 4.69) is 17.2 Å². The Labute approximate surface area is 115 Å². The van der Waals surface area contributed by atoms with Crippen LogP contribution in [0.5, 0.6) is 0 Å². The summed E-state index contributed by atoms with van der Waals surface area (Å²) in [4.78, 5) is 4.64.